The number of benzene rings is 1. The van der Waals surface area contributed by atoms with E-state index in [1.165, 1.54) is 0 Å². The standard InChI is InChI=1S/C12H14ClN3/c1-2-16-6-5-15-12(16)8-9-3-4-11(14)10(13)7-9/h3-7H,2,8,14H2,1H3. The topological polar surface area (TPSA) is 43.8 Å². The molecule has 0 aliphatic rings. The van der Waals surface area contributed by atoms with Gasteiger partial charge < -0.3 is 10.3 Å². The molecule has 0 radical (unpaired) electrons. The van der Waals surface area contributed by atoms with Gasteiger partial charge in [-0.05, 0) is 24.6 Å². The maximum atomic E-state index is 5.98. The van der Waals surface area contributed by atoms with Gasteiger partial charge in [0.2, 0.25) is 0 Å². The molecule has 0 atom stereocenters. The maximum absolute atomic E-state index is 5.98. The Labute approximate surface area is 99.9 Å². The van der Waals surface area contributed by atoms with Gasteiger partial charge in [0.15, 0.2) is 0 Å². The second kappa shape index (κ2) is 4.58. The van der Waals surface area contributed by atoms with Gasteiger partial charge in [0, 0.05) is 25.4 Å². The van der Waals surface area contributed by atoms with Crippen LogP contribution >= 0.6 is 11.6 Å². The average molecular weight is 236 g/mol. The van der Waals surface area contributed by atoms with Gasteiger partial charge in [-0.15, -0.1) is 0 Å². The lowest BCUT2D eigenvalue weighted by molar-refractivity contribution is 0.712. The number of rotatable bonds is 3. The molecule has 0 spiro atoms. The zero-order valence-corrected chi connectivity index (χ0v) is 9.91. The molecule has 0 saturated heterocycles. The van der Waals surface area contributed by atoms with Crippen LogP contribution in [0, 0.1) is 0 Å². The summed E-state index contributed by atoms with van der Waals surface area (Å²) in [6, 6.07) is 5.71. The fraction of sp³-hybridized carbons (Fsp3) is 0.250. The van der Waals surface area contributed by atoms with Crippen molar-refractivity contribution in [1.82, 2.24) is 9.55 Å². The molecule has 0 amide bonds. The van der Waals surface area contributed by atoms with E-state index in [1.54, 1.807) is 0 Å². The zero-order valence-electron chi connectivity index (χ0n) is 9.15. The third-order valence-electron chi connectivity index (χ3n) is 2.57. The molecule has 2 N–H and O–H groups in total. The van der Waals surface area contributed by atoms with Crippen LogP contribution in [0.1, 0.15) is 18.3 Å². The minimum absolute atomic E-state index is 0.604. The summed E-state index contributed by atoms with van der Waals surface area (Å²) in [7, 11) is 0. The number of aryl methyl sites for hydroxylation is 1. The first-order chi connectivity index (χ1) is 7.70. The largest absolute Gasteiger partial charge is 0.398 e. The lowest BCUT2D eigenvalue weighted by Crippen LogP contribution is -2.02. The molecule has 0 fully saturated rings. The van der Waals surface area contributed by atoms with E-state index in [4.69, 9.17) is 17.3 Å². The number of imidazole rings is 1. The number of nitrogens with two attached hydrogens (primary N) is 1. The number of hydrogen-bond acceptors (Lipinski definition) is 2. The first-order valence-electron chi connectivity index (χ1n) is 5.24. The van der Waals surface area contributed by atoms with Gasteiger partial charge in [-0.2, -0.15) is 0 Å². The Morgan fingerprint density at radius 2 is 2.25 bits per heavy atom. The Balaban J connectivity index is 2.24. The van der Waals surface area contributed by atoms with Crippen molar-refractivity contribution in [3.05, 3.63) is 47.0 Å². The minimum Gasteiger partial charge on any atom is -0.398 e. The number of nitrogens with zero attached hydrogens (tertiary/aromatic N) is 2. The quantitative estimate of drug-likeness (QED) is 0.832. The van der Waals surface area contributed by atoms with Crippen LogP contribution in [-0.4, -0.2) is 9.55 Å². The number of aromatic nitrogens is 2. The number of nitrogen functional groups attached to an aromatic ring is 1. The molecule has 2 rings (SSSR count). The molecule has 1 aromatic heterocycles. The van der Waals surface area contributed by atoms with Crippen molar-refractivity contribution in [2.45, 2.75) is 19.9 Å². The van der Waals surface area contributed by atoms with E-state index in [1.807, 2.05) is 30.6 Å². The van der Waals surface area contributed by atoms with Crippen LogP contribution in [0.25, 0.3) is 0 Å². The summed E-state index contributed by atoms with van der Waals surface area (Å²) in [5, 5.41) is 0.604. The fourth-order valence-corrected chi connectivity index (χ4v) is 1.86. The van der Waals surface area contributed by atoms with Gasteiger partial charge in [-0.3, -0.25) is 0 Å². The van der Waals surface area contributed by atoms with E-state index in [9.17, 15) is 0 Å². The summed E-state index contributed by atoms with van der Waals surface area (Å²) < 4.78 is 2.12. The van der Waals surface area contributed by atoms with Crippen molar-refractivity contribution < 1.29 is 0 Å². The Kier molecular flexibility index (Phi) is 3.15. The fourth-order valence-electron chi connectivity index (χ4n) is 1.66. The van der Waals surface area contributed by atoms with Crippen LogP contribution in [0.15, 0.2) is 30.6 Å². The van der Waals surface area contributed by atoms with E-state index in [2.05, 4.69) is 16.5 Å². The Bertz CT molecular complexity index is 491. The number of halogens is 1. The second-order valence-corrected chi connectivity index (χ2v) is 4.07. The van der Waals surface area contributed by atoms with Crippen molar-refractivity contribution in [3.63, 3.8) is 0 Å². The van der Waals surface area contributed by atoms with E-state index >= 15 is 0 Å². The summed E-state index contributed by atoms with van der Waals surface area (Å²) in [6.07, 6.45) is 4.58. The Hall–Kier alpha value is -1.48. The van der Waals surface area contributed by atoms with Crippen molar-refractivity contribution in [3.8, 4) is 0 Å². The molecule has 16 heavy (non-hydrogen) atoms. The van der Waals surface area contributed by atoms with Crippen molar-refractivity contribution in [2.24, 2.45) is 0 Å². The molecule has 0 aliphatic carbocycles. The molecule has 0 bridgehead atoms. The average Bonchev–Trinajstić information content (AvgIpc) is 2.71. The Morgan fingerprint density at radius 3 is 2.94 bits per heavy atom. The molecule has 3 nitrogen and oxygen atoms in total. The van der Waals surface area contributed by atoms with Crippen molar-refractivity contribution in [1.29, 1.82) is 0 Å². The summed E-state index contributed by atoms with van der Waals surface area (Å²) in [5.41, 5.74) is 7.41. The monoisotopic (exact) mass is 235 g/mol. The predicted octanol–water partition coefficient (Wildman–Crippen LogP) is 2.73. The molecule has 1 heterocycles. The molecule has 0 saturated carbocycles. The highest BCUT2D eigenvalue weighted by molar-refractivity contribution is 6.33. The SMILES string of the molecule is CCn1ccnc1Cc1ccc(N)c(Cl)c1. The molecule has 4 heteroatoms. The summed E-state index contributed by atoms with van der Waals surface area (Å²) in [6.45, 7) is 3.03. The first-order valence-corrected chi connectivity index (χ1v) is 5.62. The van der Waals surface area contributed by atoms with Gasteiger partial charge in [0.25, 0.3) is 0 Å². The van der Waals surface area contributed by atoms with Crippen LogP contribution in [0.5, 0.6) is 0 Å². The summed E-state index contributed by atoms with van der Waals surface area (Å²) >= 11 is 5.98. The maximum Gasteiger partial charge on any atom is 0.113 e. The van der Waals surface area contributed by atoms with Crippen LogP contribution in [0.2, 0.25) is 5.02 Å². The van der Waals surface area contributed by atoms with Gasteiger partial charge in [-0.1, -0.05) is 17.7 Å². The van der Waals surface area contributed by atoms with Gasteiger partial charge in [0.05, 0.1) is 10.7 Å². The van der Waals surface area contributed by atoms with Crippen LogP contribution in [-0.2, 0) is 13.0 Å². The van der Waals surface area contributed by atoms with E-state index < -0.39 is 0 Å². The molecule has 1 aromatic carbocycles. The minimum atomic E-state index is 0.604. The van der Waals surface area contributed by atoms with Gasteiger partial charge >= 0.3 is 0 Å². The first kappa shape index (κ1) is 11.0. The second-order valence-electron chi connectivity index (χ2n) is 3.66. The van der Waals surface area contributed by atoms with E-state index in [0.717, 1.165) is 24.4 Å². The molecule has 2 aromatic rings. The van der Waals surface area contributed by atoms with Crippen LogP contribution in [0.3, 0.4) is 0 Å². The predicted molar refractivity (Wildman–Crippen MR) is 66.6 cm³/mol. The van der Waals surface area contributed by atoms with Crippen molar-refractivity contribution >= 4 is 17.3 Å². The summed E-state index contributed by atoms with van der Waals surface area (Å²) in [5.74, 6) is 1.04. The Morgan fingerprint density at radius 1 is 1.44 bits per heavy atom. The van der Waals surface area contributed by atoms with Crippen molar-refractivity contribution in [2.75, 3.05) is 5.73 Å². The molecular formula is C12H14ClN3. The highest BCUT2D eigenvalue weighted by Crippen LogP contribution is 2.21. The highest BCUT2D eigenvalue weighted by atomic mass is 35.5. The normalized spacial score (nSPS) is 10.6. The van der Waals surface area contributed by atoms with Gasteiger partial charge in [-0.25, -0.2) is 4.98 Å². The van der Waals surface area contributed by atoms with Gasteiger partial charge in [0.1, 0.15) is 5.82 Å². The lowest BCUT2D eigenvalue weighted by Gasteiger charge is -2.06. The third kappa shape index (κ3) is 2.19. The van der Waals surface area contributed by atoms with E-state index in [0.29, 0.717) is 10.7 Å². The zero-order chi connectivity index (χ0) is 11.5. The van der Waals surface area contributed by atoms with Crippen LogP contribution in [0.4, 0.5) is 5.69 Å². The summed E-state index contributed by atoms with van der Waals surface area (Å²) in [4.78, 5) is 4.32. The number of hydrogen-bond donors (Lipinski definition) is 1. The smallest absolute Gasteiger partial charge is 0.113 e. The molecule has 0 unspecified atom stereocenters. The van der Waals surface area contributed by atoms with E-state index in [-0.39, 0.29) is 0 Å². The molecular weight excluding hydrogens is 222 g/mol. The third-order valence-corrected chi connectivity index (χ3v) is 2.90. The highest BCUT2D eigenvalue weighted by Gasteiger charge is 2.04. The number of anilines is 1. The molecule has 84 valence electrons. The molecule has 0 aliphatic heterocycles. The lowest BCUT2D eigenvalue weighted by atomic mass is 10.1. The van der Waals surface area contributed by atoms with Crippen LogP contribution < -0.4 is 5.73 Å².